The van der Waals surface area contributed by atoms with E-state index in [0.29, 0.717) is 17.6 Å². The maximum Gasteiger partial charge on any atom is 0.251 e. The maximum atomic E-state index is 11.6. The van der Waals surface area contributed by atoms with Crippen LogP contribution in [0.2, 0.25) is 0 Å². The first-order valence-corrected chi connectivity index (χ1v) is 5.95. The highest BCUT2D eigenvalue weighted by atomic mass is 16.1. The molecular formula is C12H16N4O. The standard InChI is InChI=1S/C12H16N4O/c1-13-12(17)8-2-3-14-11(4-8)16-6-9-5-10(7-16)15-9/h2-4,9-10,15H,5-7H2,1H3,(H,13,17)/t9-,10+. The van der Waals surface area contributed by atoms with Crippen LogP contribution in [0.1, 0.15) is 16.8 Å². The summed E-state index contributed by atoms with van der Waals surface area (Å²) in [6.07, 6.45) is 2.97. The molecule has 0 spiro atoms. The van der Waals surface area contributed by atoms with Crippen LogP contribution in [0, 0.1) is 0 Å². The fourth-order valence-corrected chi connectivity index (χ4v) is 2.58. The molecule has 2 N–H and O–H groups in total. The Kier molecular flexibility index (Phi) is 2.48. The molecule has 0 aromatic carbocycles. The van der Waals surface area contributed by atoms with Gasteiger partial charge in [-0.15, -0.1) is 0 Å². The van der Waals surface area contributed by atoms with Gasteiger partial charge in [0.1, 0.15) is 5.82 Å². The van der Waals surface area contributed by atoms with Crippen LogP contribution in [-0.4, -0.2) is 43.1 Å². The van der Waals surface area contributed by atoms with Crippen molar-refractivity contribution in [1.29, 1.82) is 0 Å². The summed E-state index contributed by atoms with van der Waals surface area (Å²) in [6.45, 7) is 1.97. The largest absolute Gasteiger partial charge is 0.355 e. The molecular weight excluding hydrogens is 216 g/mol. The Morgan fingerprint density at radius 3 is 2.88 bits per heavy atom. The number of nitrogens with zero attached hydrogens (tertiary/aromatic N) is 2. The molecule has 17 heavy (non-hydrogen) atoms. The number of anilines is 1. The summed E-state index contributed by atoms with van der Waals surface area (Å²) in [5.41, 5.74) is 0.671. The molecule has 0 aliphatic carbocycles. The predicted molar refractivity (Wildman–Crippen MR) is 65.2 cm³/mol. The number of nitrogens with one attached hydrogen (secondary N) is 2. The summed E-state index contributed by atoms with van der Waals surface area (Å²) in [7, 11) is 1.64. The van der Waals surface area contributed by atoms with Crippen molar-refractivity contribution in [3.8, 4) is 0 Å². The third-order valence-corrected chi connectivity index (χ3v) is 3.48. The molecule has 0 radical (unpaired) electrons. The van der Waals surface area contributed by atoms with Crippen LogP contribution >= 0.6 is 0 Å². The third-order valence-electron chi connectivity index (χ3n) is 3.48. The number of fused-ring (bicyclic) bond motifs is 2. The van der Waals surface area contributed by atoms with Crippen LogP contribution in [0.25, 0.3) is 0 Å². The number of carbonyl (C=O) groups is 1. The summed E-state index contributed by atoms with van der Waals surface area (Å²) in [4.78, 5) is 18.2. The first-order chi connectivity index (χ1) is 8.26. The number of amides is 1. The first-order valence-electron chi connectivity index (χ1n) is 5.95. The van der Waals surface area contributed by atoms with Gasteiger partial charge in [-0.25, -0.2) is 4.98 Å². The van der Waals surface area contributed by atoms with Crippen LogP contribution in [-0.2, 0) is 0 Å². The fourth-order valence-electron chi connectivity index (χ4n) is 2.58. The Morgan fingerprint density at radius 2 is 2.24 bits per heavy atom. The Hall–Kier alpha value is -1.62. The summed E-state index contributed by atoms with van der Waals surface area (Å²) in [6, 6.07) is 4.80. The smallest absolute Gasteiger partial charge is 0.251 e. The zero-order valence-electron chi connectivity index (χ0n) is 9.81. The molecule has 2 bridgehead atoms. The second-order valence-electron chi connectivity index (χ2n) is 4.68. The number of hydrogen-bond donors (Lipinski definition) is 2. The van der Waals surface area contributed by atoms with Gasteiger partial charge in [-0.2, -0.15) is 0 Å². The van der Waals surface area contributed by atoms with Crippen LogP contribution in [0.4, 0.5) is 5.82 Å². The molecule has 4 heterocycles. The molecule has 3 aliphatic rings. The van der Waals surface area contributed by atoms with Crippen LogP contribution < -0.4 is 15.5 Å². The number of aromatic nitrogens is 1. The van der Waals surface area contributed by atoms with Gasteiger partial charge in [0.2, 0.25) is 0 Å². The number of piperazine rings is 1. The second-order valence-corrected chi connectivity index (χ2v) is 4.68. The van der Waals surface area contributed by atoms with E-state index in [1.54, 1.807) is 19.3 Å². The van der Waals surface area contributed by atoms with Crippen LogP contribution in [0.15, 0.2) is 18.3 Å². The summed E-state index contributed by atoms with van der Waals surface area (Å²) >= 11 is 0. The van der Waals surface area contributed by atoms with Gasteiger partial charge in [0.25, 0.3) is 5.91 Å². The topological polar surface area (TPSA) is 57.3 Å². The van der Waals surface area contributed by atoms with E-state index in [0.717, 1.165) is 18.9 Å². The molecule has 1 aromatic heterocycles. The van der Waals surface area contributed by atoms with E-state index < -0.39 is 0 Å². The van der Waals surface area contributed by atoms with Crippen molar-refractivity contribution in [1.82, 2.24) is 15.6 Å². The zero-order chi connectivity index (χ0) is 11.8. The number of rotatable bonds is 2. The van der Waals surface area contributed by atoms with Gasteiger partial charge in [0.15, 0.2) is 0 Å². The minimum atomic E-state index is -0.0612. The number of hydrogen-bond acceptors (Lipinski definition) is 4. The van der Waals surface area contributed by atoms with Crippen molar-refractivity contribution in [2.24, 2.45) is 0 Å². The van der Waals surface area contributed by atoms with Gasteiger partial charge in [0, 0.05) is 44.0 Å². The summed E-state index contributed by atoms with van der Waals surface area (Å²) in [5.74, 6) is 0.844. The van der Waals surface area contributed by atoms with E-state index in [4.69, 9.17) is 0 Å². The molecule has 0 unspecified atom stereocenters. The average molecular weight is 232 g/mol. The normalized spacial score (nSPS) is 26.3. The highest BCUT2D eigenvalue weighted by Crippen LogP contribution is 2.25. The first kappa shape index (κ1) is 10.5. The van der Waals surface area contributed by atoms with E-state index in [2.05, 4.69) is 20.5 Å². The molecule has 3 fully saturated rings. The van der Waals surface area contributed by atoms with E-state index in [1.165, 1.54) is 6.42 Å². The molecule has 1 amide bonds. The second kappa shape index (κ2) is 4.00. The van der Waals surface area contributed by atoms with Crippen molar-refractivity contribution in [3.63, 3.8) is 0 Å². The van der Waals surface area contributed by atoms with Crippen molar-refractivity contribution in [2.75, 3.05) is 25.0 Å². The zero-order valence-corrected chi connectivity index (χ0v) is 9.81. The minimum Gasteiger partial charge on any atom is -0.355 e. The minimum absolute atomic E-state index is 0.0612. The van der Waals surface area contributed by atoms with Crippen molar-refractivity contribution in [3.05, 3.63) is 23.9 Å². The van der Waals surface area contributed by atoms with Crippen LogP contribution in [0.5, 0.6) is 0 Å². The lowest BCUT2D eigenvalue weighted by Gasteiger charge is -2.48. The number of pyridine rings is 1. The van der Waals surface area contributed by atoms with Gasteiger partial charge >= 0.3 is 0 Å². The summed E-state index contributed by atoms with van der Waals surface area (Å²) < 4.78 is 0. The lowest BCUT2D eigenvalue weighted by molar-refractivity contribution is 0.0963. The molecule has 1 aromatic rings. The van der Waals surface area contributed by atoms with E-state index in [9.17, 15) is 4.79 Å². The Labute approximate surface area is 100 Å². The van der Waals surface area contributed by atoms with E-state index >= 15 is 0 Å². The monoisotopic (exact) mass is 232 g/mol. The Morgan fingerprint density at radius 1 is 1.53 bits per heavy atom. The van der Waals surface area contributed by atoms with Gasteiger partial charge in [-0.3, -0.25) is 4.79 Å². The SMILES string of the molecule is CNC(=O)c1ccnc(N2C[C@H]3C[C@@H](C2)N3)c1. The van der Waals surface area contributed by atoms with E-state index in [-0.39, 0.29) is 5.91 Å². The molecule has 0 saturated carbocycles. The molecule has 3 aliphatic heterocycles. The lowest BCUT2D eigenvalue weighted by Crippen LogP contribution is -2.67. The highest BCUT2D eigenvalue weighted by Gasteiger charge is 2.36. The Balaban J connectivity index is 1.80. The molecule has 3 saturated heterocycles. The molecule has 90 valence electrons. The molecule has 5 heteroatoms. The maximum absolute atomic E-state index is 11.6. The quantitative estimate of drug-likeness (QED) is 0.753. The van der Waals surface area contributed by atoms with Crippen molar-refractivity contribution < 1.29 is 4.79 Å². The van der Waals surface area contributed by atoms with Crippen molar-refractivity contribution >= 4 is 11.7 Å². The fraction of sp³-hybridized carbons (Fsp3) is 0.500. The Bertz CT molecular complexity index is 432. The molecule has 4 rings (SSSR count). The van der Waals surface area contributed by atoms with Crippen molar-refractivity contribution in [2.45, 2.75) is 18.5 Å². The van der Waals surface area contributed by atoms with Gasteiger partial charge < -0.3 is 15.5 Å². The van der Waals surface area contributed by atoms with Gasteiger partial charge in [-0.1, -0.05) is 0 Å². The van der Waals surface area contributed by atoms with E-state index in [1.807, 2.05) is 6.07 Å². The third kappa shape index (κ3) is 1.86. The molecule has 5 nitrogen and oxygen atoms in total. The number of carbonyl (C=O) groups excluding carboxylic acids is 1. The predicted octanol–water partition coefficient (Wildman–Crippen LogP) is -0.00830. The number of piperidine rings is 1. The summed E-state index contributed by atoms with van der Waals surface area (Å²) in [5, 5.41) is 6.11. The highest BCUT2D eigenvalue weighted by molar-refractivity contribution is 5.94. The molecule has 2 atom stereocenters. The average Bonchev–Trinajstić information content (AvgIpc) is 2.37. The van der Waals surface area contributed by atoms with Crippen LogP contribution in [0.3, 0.4) is 0 Å². The van der Waals surface area contributed by atoms with Gasteiger partial charge in [0.05, 0.1) is 0 Å². The lowest BCUT2D eigenvalue weighted by atomic mass is 9.91. The van der Waals surface area contributed by atoms with Gasteiger partial charge in [-0.05, 0) is 18.6 Å².